The van der Waals surface area contributed by atoms with Crippen LogP contribution in [0.1, 0.15) is 58.6 Å². The first-order valence-corrected chi connectivity index (χ1v) is 12.6. The van der Waals surface area contributed by atoms with Crippen molar-refractivity contribution >= 4 is 45.9 Å². The Morgan fingerprint density at radius 3 is 2.45 bits per heavy atom. The number of amidine groups is 1. The zero-order valence-corrected chi connectivity index (χ0v) is 21.1. The molecule has 5 heteroatoms. The number of hydrogen-bond donors (Lipinski definition) is 0. The summed E-state index contributed by atoms with van der Waals surface area (Å²) >= 11 is 1.47. The van der Waals surface area contributed by atoms with Crippen LogP contribution in [-0.4, -0.2) is 34.6 Å². The van der Waals surface area contributed by atoms with Gasteiger partial charge in [-0.3, -0.25) is 9.69 Å². The standard InChI is InChI=1S/C28H33N3OS/c1-6-15-30-26(32)25(33-27(30)29-22-11-9-8-10-12-22)18-21-13-14-24-23(17-21)20(3)19-28(4,5)31(24)16-7-2/h8-14,17-19H,6-7,15-16H2,1-5H3/b25-18+,29-27?. The molecule has 1 amide bonds. The van der Waals surface area contributed by atoms with Crippen molar-refractivity contribution in [2.24, 2.45) is 4.99 Å². The van der Waals surface area contributed by atoms with Crippen LogP contribution in [0.4, 0.5) is 11.4 Å². The lowest BCUT2D eigenvalue weighted by Crippen LogP contribution is -2.45. The fraction of sp³-hybridized carbons (Fsp3) is 0.357. The largest absolute Gasteiger partial charge is 0.362 e. The third-order valence-electron chi connectivity index (χ3n) is 6.06. The molecule has 0 N–H and O–H groups in total. The van der Waals surface area contributed by atoms with Gasteiger partial charge < -0.3 is 4.90 Å². The van der Waals surface area contributed by atoms with Gasteiger partial charge in [-0.15, -0.1) is 0 Å². The molecule has 2 heterocycles. The molecule has 4 nitrogen and oxygen atoms in total. The number of carbonyl (C=O) groups is 1. The molecule has 2 aromatic rings. The molecule has 1 saturated heterocycles. The molecule has 0 spiro atoms. The molecule has 0 unspecified atom stereocenters. The molecule has 0 atom stereocenters. The van der Waals surface area contributed by atoms with E-state index in [1.165, 1.54) is 28.6 Å². The molecular formula is C28H33N3OS. The molecule has 33 heavy (non-hydrogen) atoms. The van der Waals surface area contributed by atoms with Gasteiger partial charge in [0.05, 0.1) is 16.1 Å². The van der Waals surface area contributed by atoms with Gasteiger partial charge in [-0.05, 0) is 86.9 Å². The summed E-state index contributed by atoms with van der Waals surface area (Å²) in [6.45, 7) is 12.7. The maximum Gasteiger partial charge on any atom is 0.266 e. The molecule has 0 saturated carbocycles. The Balaban J connectivity index is 1.69. The van der Waals surface area contributed by atoms with Crippen LogP contribution in [0.5, 0.6) is 0 Å². The number of anilines is 1. The predicted molar refractivity (Wildman–Crippen MR) is 143 cm³/mol. The van der Waals surface area contributed by atoms with Gasteiger partial charge in [-0.25, -0.2) is 4.99 Å². The van der Waals surface area contributed by atoms with E-state index in [-0.39, 0.29) is 11.4 Å². The molecule has 0 aromatic heterocycles. The Labute approximate surface area is 202 Å². The Morgan fingerprint density at radius 2 is 1.76 bits per heavy atom. The van der Waals surface area contributed by atoms with E-state index in [0.717, 1.165) is 40.7 Å². The van der Waals surface area contributed by atoms with Crippen LogP contribution in [0, 0.1) is 0 Å². The maximum absolute atomic E-state index is 13.2. The summed E-state index contributed by atoms with van der Waals surface area (Å²) in [7, 11) is 0. The van der Waals surface area contributed by atoms with Crippen LogP contribution >= 0.6 is 11.8 Å². The monoisotopic (exact) mass is 459 g/mol. The van der Waals surface area contributed by atoms with E-state index < -0.39 is 0 Å². The first-order valence-electron chi connectivity index (χ1n) is 11.8. The quantitative estimate of drug-likeness (QED) is 0.432. The molecule has 1 fully saturated rings. The van der Waals surface area contributed by atoms with E-state index in [4.69, 9.17) is 4.99 Å². The summed E-state index contributed by atoms with van der Waals surface area (Å²) in [4.78, 5) is 23.0. The van der Waals surface area contributed by atoms with Crippen molar-refractivity contribution in [2.75, 3.05) is 18.0 Å². The molecule has 2 aliphatic heterocycles. The van der Waals surface area contributed by atoms with Crippen LogP contribution < -0.4 is 4.90 Å². The highest BCUT2D eigenvalue weighted by Crippen LogP contribution is 2.40. The number of fused-ring (bicyclic) bond motifs is 1. The van der Waals surface area contributed by atoms with E-state index >= 15 is 0 Å². The smallest absolute Gasteiger partial charge is 0.266 e. The Bertz CT molecular complexity index is 1130. The number of thioether (sulfide) groups is 1. The number of benzene rings is 2. The number of aliphatic imine (C=N–C) groups is 1. The number of nitrogens with zero attached hydrogens (tertiary/aromatic N) is 3. The van der Waals surface area contributed by atoms with Gasteiger partial charge in [0.25, 0.3) is 5.91 Å². The van der Waals surface area contributed by atoms with Crippen LogP contribution in [0.15, 0.2) is 64.5 Å². The summed E-state index contributed by atoms with van der Waals surface area (Å²) in [6, 6.07) is 16.4. The first-order chi connectivity index (χ1) is 15.8. The first kappa shape index (κ1) is 23.4. The molecule has 172 valence electrons. The molecule has 0 radical (unpaired) electrons. The molecule has 2 aliphatic rings. The van der Waals surface area contributed by atoms with Crippen molar-refractivity contribution in [2.45, 2.75) is 53.0 Å². The van der Waals surface area contributed by atoms with E-state index in [1.807, 2.05) is 36.4 Å². The average molecular weight is 460 g/mol. The van der Waals surface area contributed by atoms with Crippen LogP contribution in [-0.2, 0) is 4.79 Å². The van der Waals surface area contributed by atoms with Gasteiger partial charge in [0.1, 0.15) is 0 Å². The number of amides is 1. The lowest BCUT2D eigenvalue weighted by atomic mass is 9.88. The maximum atomic E-state index is 13.2. The Kier molecular flexibility index (Phi) is 6.80. The van der Waals surface area contributed by atoms with Gasteiger partial charge in [0.15, 0.2) is 5.17 Å². The number of carbonyl (C=O) groups excluding carboxylic acids is 1. The summed E-state index contributed by atoms with van der Waals surface area (Å²) < 4.78 is 0. The third-order valence-corrected chi connectivity index (χ3v) is 7.07. The second-order valence-electron chi connectivity index (χ2n) is 9.21. The van der Waals surface area contributed by atoms with E-state index in [2.05, 4.69) is 63.8 Å². The highest BCUT2D eigenvalue weighted by Gasteiger charge is 2.33. The summed E-state index contributed by atoms with van der Waals surface area (Å²) in [5.41, 5.74) is 5.71. The average Bonchev–Trinajstić information content (AvgIpc) is 3.06. The van der Waals surface area contributed by atoms with Crippen LogP contribution in [0.2, 0.25) is 0 Å². The fourth-order valence-corrected chi connectivity index (χ4v) is 5.62. The molecular weight excluding hydrogens is 426 g/mol. The number of rotatable bonds is 6. The summed E-state index contributed by atoms with van der Waals surface area (Å²) in [5.74, 6) is 0.0373. The SMILES string of the molecule is CCCN1C(=O)/C(=C\c2ccc3c(c2)C(C)=CC(C)(C)N3CCC)SC1=Nc1ccccc1. The van der Waals surface area contributed by atoms with Gasteiger partial charge in [0, 0.05) is 24.3 Å². The minimum atomic E-state index is -0.00615. The summed E-state index contributed by atoms with van der Waals surface area (Å²) in [5, 5.41) is 0.754. The second kappa shape index (κ2) is 9.60. The van der Waals surface area contributed by atoms with Crippen molar-refractivity contribution in [3.63, 3.8) is 0 Å². The van der Waals surface area contributed by atoms with Gasteiger partial charge in [-0.1, -0.05) is 44.2 Å². The predicted octanol–water partition coefficient (Wildman–Crippen LogP) is 7.11. The molecule has 2 aromatic carbocycles. The lowest BCUT2D eigenvalue weighted by Gasteiger charge is -2.43. The normalized spacial score (nSPS) is 19.9. The van der Waals surface area contributed by atoms with Crippen LogP contribution in [0.3, 0.4) is 0 Å². The number of para-hydroxylation sites is 1. The van der Waals surface area contributed by atoms with Crippen LogP contribution in [0.25, 0.3) is 11.6 Å². The lowest BCUT2D eigenvalue weighted by molar-refractivity contribution is -0.122. The van der Waals surface area contributed by atoms with Gasteiger partial charge in [-0.2, -0.15) is 0 Å². The molecule has 4 rings (SSSR count). The second-order valence-corrected chi connectivity index (χ2v) is 10.2. The molecule has 0 bridgehead atoms. The molecule has 0 aliphatic carbocycles. The Morgan fingerprint density at radius 1 is 1.03 bits per heavy atom. The van der Waals surface area contributed by atoms with Crippen molar-refractivity contribution < 1.29 is 4.79 Å². The van der Waals surface area contributed by atoms with Gasteiger partial charge in [0.2, 0.25) is 0 Å². The minimum absolute atomic E-state index is 0.00615. The van der Waals surface area contributed by atoms with Crippen molar-refractivity contribution in [3.8, 4) is 0 Å². The topological polar surface area (TPSA) is 35.9 Å². The van der Waals surface area contributed by atoms with Crippen molar-refractivity contribution in [3.05, 3.63) is 70.6 Å². The van der Waals surface area contributed by atoms with Gasteiger partial charge >= 0.3 is 0 Å². The summed E-state index contributed by atoms with van der Waals surface area (Å²) in [6.07, 6.45) is 6.36. The van der Waals surface area contributed by atoms with E-state index in [9.17, 15) is 4.79 Å². The number of hydrogen-bond acceptors (Lipinski definition) is 4. The Hall–Kier alpha value is -2.79. The van der Waals surface area contributed by atoms with Crippen molar-refractivity contribution in [1.82, 2.24) is 4.90 Å². The highest BCUT2D eigenvalue weighted by atomic mass is 32.2. The third kappa shape index (κ3) is 4.79. The van der Waals surface area contributed by atoms with E-state index in [1.54, 1.807) is 4.90 Å². The fourth-order valence-electron chi connectivity index (χ4n) is 4.60. The minimum Gasteiger partial charge on any atom is -0.362 e. The van der Waals surface area contributed by atoms with E-state index in [0.29, 0.717) is 6.54 Å². The number of allylic oxidation sites excluding steroid dienone is 1. The van der Waals surface area contributed by atoms with Crippen molar-refractivity contribution in [1.29, 1.82) is 0 Å². The zero-order valence-electron chi connectivity index (χ0n) is 20.3. The zero-order chi connectivity index (χ0) is 23.6. The highest BCUT2D eigenvalue weighted by molar-refractivity contribution is 8.18.